The first-order chi connectivity index (χ1) is 18.5. The minimum atomic E-state index is -0.363. The van der Waals surface area contributed by atoms with Crippen LogP contribution in [0.15, 0.2) is 72.8 Å². The normalized spacial score (nSPS) is 12.9. The molecule has 0 saturated heterocycles. The number of amides is 2. The highest BCUT2D eigenvalue weighted by molar-refractivity contribution is 5.97. The maximum absolute atomic E-state index is 13.2. The smallest absolute Gasteiger partial charge is 0.311 e. The van der Waals surface area contributed by atoms with Crippen LogP contribution in [0.5, 0.6) is 5.75 Å². The number of carbonyl (C=O) groups excluding carboxylic acids is 3. The molecule has 7 nitrogen and oxygen atoms in total. The number of nitrogens with zero attached hydrogens (tertiary/aromatic N) is 1. The van der Waals surface area contributed by atoms with Crippen LogP contribution in [0.25, 0.3) is 12.2 Å². The van der Waals surface area contributed by atoms with E-state index in [-0.39, 0.29) is 50.2 Å². The van der Waals surface area contributed by atoms with Crippen molar-refractivity contribution in [2.24, 2.45) is 0 Å². The van der Waals surface area contributed by atoms with Gasteiger partial charge >= 0.3 is 5.97 Å². The molecular formula is C31H32N2O5. The summed E-state index contributed by atoms with van der Waals surface area (Å²) in [7, 11) is 0. The van der Waals surface area contributed by atoms with E-state index in [1.807, 2.05) is 54.6 Å². The van der Waals surface area contributed by atoms with Gasteiger partial charge in [0, 0.05) is 25.8 Å². The highest BCUT2D eigenvalue weighted by Crippen LogP contribution is 2.29. The Hall–Kier alpha value is -4.23. The lowest BCUT2D eigenvalue weighted by molar-refractivity contribution is -0.134. The molecule has 2 amide bonds. The van der Waals surface area contributed by atoms with E-state index < -0.39 is 0 Å². The van der Waals surface area contributed by atoms with E-state index in [9.17, 15) is 14.4 Å². The van der Waals surface area contributed by atoms with Crippen LogP contribution >= 0.6 is 0 Å². The van der Waals surface area contributed by atoms with Crippen LogP contribution in [0.4, 0.5) is 5.69 Å². The Balaban J connectivity index is 1.20. The van der Waals surface area contributed by atoms with Crippen molar-refractivity contribution in [1.29, 1.82) is 0 Å². The summed E-state index contributed by atoms with van der Waals surface area (Å²) < 4.78 is 5.27. The fraction of sp³-hybridized carbons (Fsp3) is 0.258. The first kappa shape index (κ1) is 26.8. The third-order valence-electron chi connectivity index (χ3n) is 6.39. The first-order valence-corrected chi connectivity index (χ1v) is 12.9. The number of hydrogen-bond acceptors (Lipinski definition) is 5. The summed E-state index contributed by atoms with van der Waals surface area (Å²) in [6, 6.07) is 22.5. The molecule has 38 heavy (non-hydrogen) atoms. The molecule has 0 aromatic heterocycles. The molecule has 1 aliphatic heterocycles. The number of anilines is 1. The van der Waals surface area contributed by atoms with Crippen molar-refractivity contribution in [3.63, 3.8) is 0 Å². The molecular weight excluding hydrogens is 480 g/mol. The van der Waals surface area contributed by atoms with E-state index in [4.69, 9.17) is 9.84 Å². The number of fused-ring (bicyclic) bond motifs is 2. The van der Waals surface area contributed by atoms with Gasteiger partial charge in [0.1, 0.15) is 5.75 Å². The lowest BCUT2D eigenvalue weighted by atomic mass is 10.0. The molecule has 0 unspecified atom stereocenters. The van der Waals surface area contributed by atoms with Crippen molar-refractivity contribution in [2.45, 2.75) is 45.3 Å². The molecule has 1 aliphatic rings. The zero-order valence-electron chi connectivity index (χ0n) is 21.3. The van der Waals surface area contributed by atoms with Crippen molar-refractivity contribution in [3.05, 3.63) is 95.1 Å². The average molecular weight is 513 g/mol. The van der Waals surface area contributed by atoms with Crippen molar-refractivity contribution in [3.8, 4) is 5.75 Å². The molecule has 0 atom stereocenters. The number of aliphatic hydroxyl groups is 1. The number of nitrogens with one attached hydrogen (secondary N) is 1. The summed E-state index contributed by atoms with van der Waals surface area (Å²) in [5.41, 5.74) is 4.71. The monoisotopic (exact) mass is 512 g/mol. The Morgan fingerprint density at radius 3 is 2.29 bits per heavy atom. The standard InChI is InChI=1S/C31H32N2O5/c34-22-23-13-17-27(18-14-23)38-31(37)12-6-5-11-29(35)32-20-19-30(36)33-21-26-9-2-1-7-24(26)15-16-25-8-3-4-10-28(25)33/h1-4,7-10,13-18,34H,5-6,11-12,19-22H2,(H,32,35)/b16-15-. The van der Waals surface area contributed by atoms with Gasteiger partial charge < -0.3 is 20.1 Å². The first-order valence-electron chi connectivity index (χ1n) is 12.9. The number of unbranched alkanes of at least 4 members (excludes halogenated alkanes) is 1. The molecule has 7 heteroatoms. The summed E-state index contributed by atoms with van der Waals surface area (Å²) in [6.07, 6.45) is 5.84. The molecule has 0 saturated carbocycles. The third-order valence-corrected chi connectivity index (χ3v) is 6.39. The maximum Gasteiger partial charge on any atom is 0.311 e. The highest BCUT2D eigenvalue weighted by Gasteiger charge is 2.20. The zero-order chi connectivity index (χ0) is 26.7. The Bertz CT molecular complexity index is 1300. The van der Waals surface area contributed by atoms with Crippen molar-refractivity contribution in [1.82, 2.24) is 5.32 Å². The van der Waals surface area contributed by atoms with Gasteiger partial charge in [-0.3, -0.25) is 14.4 Å². The third kappa shape index (κ3) is 7.40. The number of aliphatic hydroxyl groups excluding tert-OH is 1. The topological polar surface area (TPSA) is 95.9 Å². The molecule has 1 heterocycles. The van der Waals surface area contributed by atoms with Gasteiger partial charge in [0.25, 0.3) is 0 Å². The molecule has 4 rings (SSSR count). The van der Waals surface area contributed by atoms with Gasteiger partial charge in [0.2, 0.25) is 11.8 Å². The number of carbonyl (C=O) groups is 3. The lowest BCUT2D eigenvalue weighted by Gasteiger charge is -2.27. The molecule has 0 spiro atoms. The summed E-state index contributed by atoms with van der Waals surface area (Å²) in [6.45, 7) is 0.647. The Morgan fingerprint density at radius 1 is 0.816 bits per heavy atom. The van der Waals surface area contributed by atoms with Gasteiger partial charge in [-0.15, -0.1) is 0 Å². The van der Waals surface area contributed by atoms with Gasteiger partial charge in [0.05, 0.1) is 18.8 Å². The molecule has 0 bridgehead atoms. The van der Waals surface area contributed by atoms with Gasteiger partial charge in [-0.25, -0.2) is 0 Å². The molecule has 0 aliphatic carbocycles. The van der Waals surface area contributed by atoms with Crippen LogP contribution < -0.4 is 15.0 Å². The van der Waals surface area contributed by atoms with Crippen molar-refractivity contribution < 1.29 is 24.2 Å². The molecule has 2 N–H and O–H groups in total. The second-order valence-corrected chi connectivity index (χ2v) is 9.15. The number of ether oxygens (including phenoxy) is 1. The summed E-state index contributed by atoms with van der Waals surface area (Å²) >= 11 is 0. The Labute approximate surface area is 222 Å². The average Bonchev–Trinajstić information content (AvgIpc) is 2.93. The molecule has 0 radical (unpaired) electrons. The predicted octanol–water partition coefficient (Wildman–Crippen LogP) is 4.87. The quantitative estimate of drug-likeness (QED) is 0.230. The second-order valence-electron chi connectivity index (χ2n) is 9.15. The van der Waals surface area contributed by atoms with Crippen LogP contribution in [0, 0.1) is 0 Å². The number of rotatable bonds is 10. The molecule has 196 valence electrons. The fourth-order valence-corrected chi connectivity index (χ4v) is 4.31. The van der Waals surface area contributed by atoms with E-state index in [1.54, 1.807) is 29.2 Å². The van der Waals surface area contributed by atoms with E-state index >= 15 is 0 Å². The fourth-order valence-electron chi connectivity index (χ4n) is 4.31. The largest absolute Gasteiger partial charge is 0.427 e. The van der Waals surface area contributed by atoms with Crippen LogP contribution in [0.3, 0.4) is 0 Å². The van der Waals surface area contributed by atoms with E-state index in [1.165, 1.54) is 0 Å². The lowest BCUT2D eigenvalue weighted by Crippen LogP contribution is -2.35. The summed E-state index contributed by atoms with van der Waals surface area (Å²) in [4.78, 5) is 39.3. The minimum Gasteiger partial charge on any atom is -0.427 e. The second kappa shape index (κ2) is 13.4. The molecule has 3 aromatic rings. The number of para-hydroxylation sites is 1. The van der Waals surface area contributed by atoms with E-state index in [2.05, 4.69) is 11.4 Å². The Kier molecular flexibility index (Phi) is 9.43. The SMILES string of the molecule is O=C(CCCCC(=O)Oc1ccc(CO)cc1)NCCC(=O)N1Cc2ccccc2/C=C\c2ccccc21. The van der Waals surface area contributed by atoms with Gasteiger partial charge in [0.15, 0.2) is 0 Å². The predicted molar refractivity (Wildman–Crippen MR) is 147 cm³/mol. The van der Waals surface area contributed by atoms with Crippen molar-refractivity contribution in [2.75, 3.05) is 11.4 Å². The number of hydrogen-bond donors (Lipinski definition) is 2. The Morgan fingerprint density at radius 2 is 1.50 bits per heavy atom. The number of esters is 1. The van der Waals surface area contributed by atoms with Gasteiger partial charge in [-0.1, -0.05) is 66.7 Å². The van der Waals surface area contributed by atoms with Gasteiger partial charge in [-0.05, 0) is 53.3 Å². The van der Waals surface area contributed by atoms with Crippen LogP contribution in [-0.4, -0.2) is 29.4 Å². The van der Waals surface area contributed by atoms with E-state index in [0.29, 0.717) is 25.1 Å². The van der Waals surface area contributed by atoms with Crippen LogP contribution in [-0.2, 0) is 27.5 Å². The minimum absolute atomic E-state index is 0.0578. The van der Waals surface area contributed by atoms with E-state index in [0.717, 1.165) is 27.9 Å². The van der Waals surface area contributed by atoms with Gasteiger partial charge in [-0.2, -0.15) is 0 Å². The van der Waals surface area contributed by atoms with Crippen molar-refractivity contribution >= 4 is 35.6 Å². The zero-order valence-corrected chi connectivity index (χ0v) is 21.3. The summed E-state index contributed by atoms with van der Waals surface area (Å²) in [5.74, 6) is -0.140. The molecule has 3 aromatic carbocycles. The molecule has 0 fully saturated rings. The maximum atomic E-state index is 13.2. The summed E-state index contributed by atoms with van der Waals surface area (Å²) in [5, 5.41) is 11.9. The van der Waals surface area contributed by atoms with Crippen LogP contribution in [0.2, 0.25) is 0 Å². The van der Waals surface area contributed by atoms with Crippen LogP contribution in [0.1, 0.15) is 54.4 Å². The number of benzene rings is 3. The highest BCUT2D eigenvalue weighted by atomic mass is 16.5.